The Labute approximate surface area is 198 Å². The number of halogens is 3. The number of fused-ring (bicyclic) bond motifs is 1. The zero-order valence-corrected chi connectivity index (χ0v) is 18.9. The van der Waals surface area contributed by atoms with E-state index >= 15 is 0 Å². The van der Waals surface area contributed by atoms with Crippen molar-refractivity contribution in [1.29, 1.82) is 0 Å². The molecule has 0 spiro atoms. The van der Waals surface area contributed by atoms with Gasteiger partial charge in [-0.25, -0.2) is 24.3 Å². The summed E-state index contributed by atoms with van der Waals surface area (Å²) in [5.74, 6) is -0.200. The first kappa shape index (κ1) is 23.2. The lowest BCUT2D eigenvalue weighted by Crippen LogP contribution is -2.53. The molecular weight excluding hydrogens is 463 g/mol. The van der Waals surface area contributed by atoms with Gasteiger partial charge in [0.25, 0.3) is 0 Å². The van der Waals surface area contributed by atoms with Gasteiger partial charge in [-0.3, -0.25) is 0 Å². The van der Waals surface area contributed by atoms with Crippen molar-refractivity contribution in [1.82, 2.24) is 24.5 Å². The number of rotatable bonds is 6. The number of aromatic nitrogens is 5. The summed E-state index contributed by atoms with van der Waals surface area (Å²) in [7, 11) is 0. The largest absolute Gasteiger partial charge is 0.434 e. The lowest BCUT2D eigenvalue weighted by atomic mass is 9.68. The summed E-state index contributed by atoms with van der Waals surface area (Å²) in [6, 6.07) is 7.23. The molecule has 0 radical (unpaired) electrons. The van der Waals surface area contributed by atoms with Crippen molar-refractivity contribution >= 4 is 11.2 Å². The molecule has 3 aromatic heterocycles. The van der Waals surface area contributed by atoms with Crippen LogP contribution in [0, 0.1) is 12.7 Å². The first-order chi connectivity index (χ1) is 16.5. The van der Waals surface area contributed by atoms with Crippen molar-refractivity contribution in [3.63, 3.8) is 0 Å². The first-order valence-corrected chi connectivity index (χ1v) is 10.9. The molecule has 0 unspecified atom stereocenters. The van der Waals surface area contributed by atoms with Gasteiger partial charge in [-0.2, -0.15) is 8.78 Å². The highest BCUT2D eigenvalue weighted by molar-refractivity contribution is 5.76. The second-order valence-corrected chi connectivity index (χ2v) is 9.06. The smallest absolute Gasteiger partial charge is 0.387 e. The Hall–Kier alpha value is -3.57. The molecule has 35 heavy (non-hydrogen) atoms. The average Bonchev–Trinajstić information content (AvgIpc) is 3.08. The summed E-state index contributed by atoms with van der Waals surface area (Å²) in [5, 5.41) is 20.6. The van der Waals surface area contributed by atoms with Gasteiger partial charge in [-0.05, 0) is 38.1 Å². The van der Waals surface area contributed by atoms with E-state index in [1.54, 1.807) is 30.5 Å². The van der Waals surface area contributed by atoms with E-state index in [0.29, 0.717) is 28.2 Å². The van der Waals surface area contributed by atoms with Crippen molar-refractivity contribution in [2.45, 2.75) is 51.0 Å². The molecule has 1 saturated carbocycles. The highest BCUT2D eigenvalue weighted by Crippen LogP contribution is 2.46. The zero-order chi connectivity index (χ0) is 25.0. The Morgan fingerprint density at radius 1 is 1.09 bits per heavy atom. The van der Waals surface area contributed by atoms with E-state index in [1.165, 1.54) is 30.6 Å². The summed E-state index contributed by atoms with van der Waals surface area (Å²) >= 11 is 0. The third-order valence-corrected chi connectivity index (χ3v) is 6.10. The normalized spacial score (nSPS) is 21.9. The van der Waals surface area contributed by atoms with Crippen LogP contribution in [0.4, 0.5) is 13.2 Å². The fourth-order valence-corrected chi connectivity index (χ4v) is 4.59. The number of benzene rings is 1. The molecule has 8 nitrogen and oxygen atoms in total. The molecule has 11 heteroatoms. The summed E-state index contributed by atoms with van der Waals surface area (Å²) < 4.78 is 46.3. The number of imidazole rings is 1. The van der Waals surface area contributed by atoms with E-state index in [1.807, 2.05) is 0 Å². The van der Waals surface area contributed by atoms with E-state index in [0.717, 1.165) is 0 Å². The van der Waals surface area contributed by atoms with Gasteiger partial charge in [0, 0.05) is 36.4 Å². The number of ether oxygens (including phenoxy) is 1. The molecule has 0 saturated heterocycles. The van der Waals surface area contributed by atoms with Crippen LogP contribution in [0.2, 0.25) is 0 Å². The maximum atomic E-state index is 14.6. The molecule has 2 N–H and O–H groups in total. The van der Waals surface area contributed by atoms with E-state index in [9.17, 15) is 23.4 Å². The minimum absolute atomic E-state index is 0.0419. The molecule has 1 aliphatic rings. The number of nitrogens with zero attached hydrogens (tertiary/aromatic N) is 5. The zero-order valence-electron chi connectivity index (χ0n) is 18.9. The second kappa shape index (κ2) is 8.28. The standard InChI is InChI=1S/C24H22F3N5O3/c1-13-30-18-7-6-17(14-8-28-21(29-9-14)24(34)11-23(2,33)12-24)31-20(18)32(13)10-15-16(25)4-3-5-19(15)35-22(26)27/h3-9,22,33-34H,10-12H2,1-2H3/t23-,24-. The Balaban J connectivity index is 1.48. The van der Waals surface area contributed by atoms with Crippen molar-refractivity contribution in [2.75, 3.05) is 0 Å². The Kier molecular flexibility index (Phi) is 5.48. The van der Waals surface area contributed by atoms with E-state index in [4.69, 9.17) is 0 Å². The first-order valence-electron chi connectivity index (χ1n) is 10.9. The molecular formula is C24H22F3N5O3. The summed E-state index contributed by atoms with van der Waals surface area (Å²) in [6.45, 7) is 0.148. The molecule has 4 aromatic rings. The lowest BCUT2D eigenvalue weighted by molar-refractivity contribution is -0.180. The molecule has 0 aliphatic heterocycles. The van der Waals surface area contributed by atoms with Crippen molar-refractivity contribution in [3.8, 4) is 17.0 Å². The predicted molar refractivity (Wildman–Crippen MR) is 119 cm³/mol. The molecule has 1 aliphatic carbocycles. The van der Waals surface area contributed by atoms with Gasteiger partial charge < -0.3 is 19.5 Å². The van der Waals surface area contributed by atoms with E-state index in [2.05, 4.69) is 24.7 Å². The van der Waals surface area contributed by atoms with Crippen LogP contribution in [-0.4, -0.2) is 46.9 Å². The maximum Gasteiger partial charge on any atom is 0.387 e. The van der Waals surface area contributed by atoms with Crippen LogP contribution in [0.25, 0.3) is 22.4 Å². The lowest BCUT2D eigenvalue weighted by Gasteiger charge is -2.46. The molecule has 0 amide bonds. The van der Waals surface area contributed by atoms with Crippen LogP contribution >= 0.6 is 0 Å². The Morgan fingerprint density at radius 2 is 1.80 bits per heavy atom. The number of pyridine rings is 1. The van der Waals surface area contributed by atoms with Crippen LogP contribution in [0.1, 0.15) is 37.0 Å². The molecule has 5 rings (SSSR count). The third kappa shape index (κ3) is 4.32. The maximum absolute atomic E-state index is 14.6. The molecule has 0 bridgehead atoms. The second-order valence-electron chi connectivity index (χ2n) is 9.06. The number of alkyl halides is 2. The molecule has 182 valence electrons. The van der Waals surface area contributed by atoms with Gasteiger partial charge in [0.05, 0.1) is 17.8 Å². The average molecular weight is 485 g/mol. The van der Waals surface area contributed by atoms with Crippen molar-refractivity contribution < 1.29 is 28.1 Å². The number of aliphatic hydroxyl groups is 2. The van der Waals surface area contributed by atoms with Crippen LogP contribution < -0.4 is 4.74 Å². The van der Waals surface area contributed by atoms with Crippen LogP contribution in [-0.2, 0) is 12.1 Å². The SMILES string of the molecule is Cc1nc2ccc(-c3cnc([C@]4(O)C[C@](C)(O)C4)nc3)nc2n1Cc1c(F)cccc1OC(F)F. The van der Waals surface area contributed by atoms with Crippen molar-refractivity contribution in [2.24, 2.45) is 0 Å². The fourth-order valence-electron chi connectivity index (χ4n) is 4.59. The number of aryl methyl sites for hydroxylation is 1. The van der Waals surface area contributed by atoms with Gasteiger partial charge in [0.15, 0.2) is 11.5 Å². The van der Waals surface area contributed by atoms with Gasteiger partial charge >= 0.3 is 6.61 Å². The Morgan fingerprint density at radius 3 is 2.46 bits per heavy atom. The molecule has 0 atom stereocenters. The third-order valence-electron chi connectivity index (χ3n) is 6.10. The minimum atomic E-state index is -3.09. The highest BCUT2D eigenvalue weighted by Gasteiger charge is 2.53. The summed E-state index contributed by atoms with van der Waals surface area (Å²) in [4.78, 5) is 17.6. The molecule has 1 fully saturated rings. The van der Waals surface area contributed by atoms with Gasteiger partial charge in [-0.1, -0.05) is 6.07 Å². The predicted octanol–water partition coefficient (Wildman–Crippen LogP) is 3.72. The van der Waals surface area contributed by atoms with Crippen LogP contribution in [0.5, 0.6) is 5.75 Å². The molecule has 1 aromatic carbocycles. The van der Waals surface area contributed by atoms with Crippen LogP contribution in [0.15, 0.2) is 42.7 Å². The fraction of sp³-hybridized carbons (Fsp3) is 0.333. The minimum Gasteiger partial charge on any atom is -0.434 e. The number of hydrogen-bond acceptors (Lipinski definition) is 7. The quantitative estimate of drug-likeness (QED) is 0.429. The van der Waals surface area contributed by atoms with E-state index in [-0.39, 0.29) is 36.5 Å². The van der Waals surface area contributed by atoms with Crippen LogP contribution in [0.3, 0.4) is 0 Å². The van der Waals surface area contributed by atoms with Gasteiger partial charge in [0.1, 0.15) is 28.5 Å². The topological polar surface area (TPSA) is 106 Å². The number of hydrogen-bond donors (Lipinski definition) is 2. The monoisotopic (exact) mass is 485 g/mol. The highest BCUT2D eigenvalue weighted by atomic mass is 19.3. The van der Waals surface area contributed by atoms with E-state index < -0.39 is 23.6 Å². The van der Waals surface area contributed by atoms with Gasteiger partial charge in [0.2, 0.25) is 0 Å². The summed E-state index contributed by atoms with van der Waals surface area (Å²) in [5.41, 5.74) is -0.213. The van der Waals surface area contributed by atoms with Gasteiger partial charge in [-0.15, -0.1) is 0 Å². The Bertz CT molecular complexity index is 1400. The molecule has 3 heterocycles. The summed E-state index contributed by atoms with van der Waals surface area (Å²) in [6.07, 6.45) is 3.35. The van der Waals surface area contributed by atoms with Crippen molar-refractivity contribution in [3.05, 3.63) is 65.8 Å².